The predicted octanol–water partition coefficient (Wildman–Crippen LogP) is 3.84. The normalized spacial score (nSPS) is 26.7. The van der Waals surface area contributed by atoms with E-state index in [1.165, 1.54) is 23.8 Å². The molecule has 1 aliphatic heterocycles. The minimum absolute atomic E-state index is 0.0850. The molecule has 4 heterocycles. The van der Waals surface area contributed by atoms with Crippen molar-refractivity contribution in [2.45, 2.75) is 76.0 Å². The quantitative estimate of drug-likeness (QED) is 0.427. The summed E-state index contributed by atoms with van der Waals surface area (Å²) in [4.78, 5) is 11.6. The van der Waals surface area contributed by atoms with Crippen molar-refractivity contribution in [1.29, 1.82) is 0 Å². The van der Waals surface area contributed by atoms with E-state index in [-0.39, 0.29) is 17.6 Å². The average Bonchev–Trinajstić information content (AvgIpc) is 3.53. The van der Waals surface area contributed by atoms with Gasteiger partial charge in [0.15, 0.2) is 23.0 Å². The van der Waals surface area contributed by atoms with Crippen LogP contribution < -0.4 is 15.4 Å². The first-order valence-corrected chi connectivity index (χ1v) is 12.9. The number of nitrogens with two attached hydrogens (primary N) is 1. The van der Waals surface area contributed by atoms with Crippen LogP contribution >= 0.6 is 0 Å². The number of hydrogen-bond acceptors (Lipinski definition) is 8. The molecule has 1 saturated carbocycles. The summed E-state index contributed by atoms with van der Waals surface area (Å²) in [5, 5.41) is 20.2. The van der Waals surface area contributed by atoms with Gasteiger partial charge in [-0.1, -0.05) is 0 Å². The Labute approximate surface area is 214 Å². The van der Waals surface area contributed by atoms with Gasteiger partial charge in [0, 0.05) is 36.2 Å². The summed E-state index contributed by atoms with van der Waals surface area (Å²) >= 11 is 0. The van der Waals surface area contributed by atoms with E-state index < -0.39 is 11.4 Å². The third kappa shape index (κ3) is 4.24. The molecule has 0 unspecified atom stereocenters. The van der Waals surface area contributed by atoms with Crippen molar-refractivity contribution < 1.29 is 14.2 Å². The van der Waals surface area contributed by atoms with Crippen LogP contribution in [0.25, 0.3) is 16.6 Å². The molecule has 3 N–H and O–H groups in total. The summed E-state index contributed by atoms with van der Waals surface area (Å²) in [5.74, 6) is 0.588. The molecule has 4 aromatic rings. The maximum Gasteiger partial charge on any atom is 0.223 e. The van der Waals surface area contributed by atoms with Gasteiger partial charge < -0.3 is 20.5 Å². The van der Waals surface area contributed by atoms with Gasteiger partial charge >= 0.3 is 0 Å². The highest BCUT2D eigenvalue weighted by atomic mass is 19.1. The zero-order valence-electron chi connectivity index (χ0n) is 21.4. The van der Waals surface area contributed by atoms with E-state index in [0.717, 1.165) is 50.8 Å². The van der Waals surface area contributed by atoms with Crippen LogP contribution in [0.3, 0.4) is 0 Å². The van der Waals surface area contributed by atoms with Crippen molar-refractivity contribution in [2.75, 3.05) is 24.3 Å². The number of nitrogen functional groups attached to an aromatic ring is 1. The van der Waals surface area contributed by atoms with Gasteiger partial charge in [0.25, 0.3) is 0 Å². The number of methoxy groups -OCH3 is 1. The van der Waals surface area contributed by atoms with E-state index in [9.17, 15) is 9.50 Å². The second kappa shape index (κ2) is 8.83. The van der Waals surface area contributed by atoms with E-state index in [2.05, 4.69) is 32.8 Å². The molecule has 2 fully saturated rings. The SMILES string of the molecule is COc1cc2nc(N)n3nc([C@H]4CC[C@@H](C)N(c5cnn([C@H]6CC[C@](C)(O)CC6)c5)C4)nc3c2cc1F. The molecule has 0 spiro atoms. The van der Waals surface area contributed by atoms with Crippen LogP contribution in [0.15, 0.2) is 24.5 Å². The number of anilines is 2. The number of halogens is 1. The number of nitrogens with zero attached hydrogens (tertiary/aromatic N) is 7. The summed E-state index contributed by atoms with van der Waals surface area (Å²) in [6.07, 6.45) is 9.42. The lowest BCUT2D eigenvalue weighted by Crippen LogP contribution is -2.41. The molecule has 1 aliphatic carbocycles. The first-order chi connectivity index (χ1) is 17.7. The Morgan fingerprint density at radius 2 is 1.95 bits per heavy atom. The number of aromatic nitrogens is 6. The van der Waals surface area contributed by atoms with Gasteiger partial charge in [0.2, 0.25) is 5.95 Å². The first kappa shape index (κ1) is 23.9. The van der Waals surface area contributed by atoms with Crippen LogP contribution in [-0.4, -0.2) is 59.8 Å². The molecule has 11 heteroatoms. The van der Waals surface area contributed by atoms with E-state index in [0.29, 0.717) is 34.5 Å². The maximum atomic E-state index is 14.5. The Morgan fingerprint density at radius 1 is 1.16 bits per heavy atom. The van der Waals surface area contributed by atoms with Crippen molar-refractivity contribution >= 4 is 28.2 Å². The molecule has 0 radical (unpaired) electrons. The lowest BCUT2D eigenvalue weighted by atomic mass is 9.84. The number of hydrogen-bond donors (Lipinski definition) is 2. The molecule has 1 aromatic carbocycles. The Balaban J connectivity index is 1.28. The largest absolute Gasteiger partial charge is 0.494 e. The fraction of sp³-hybridized carbons (Fsp3) is 0.538. The van der Waals surface area contributed by atoms with Crippen molar-refractivity contribution in [3.63, 3.8) is 0 Å². The predicted molar refractivity (Wildman–Crippen MR) is 138 cm³/mol. The minimum atomic E-state index is -0.565. The number of ether oxygens (including phenoxy) is 1. The van der Waals surface area contributed by atoms with Crippen LogP contribution in [-0.2, 0) is 0 Å². The summed E-state index contributed by atoms with van der Waals surface area (Å²) in [6.45, 7) is 4.89. The van der Waals surface area contributed by atoms with Crippen molar-refractivity contribution in [1.82, 2.24) is 29.4 Å². The smallest absolute Gasteiger partial charge is 0.223 e. The molecule has 0 amide bonds. The van der Waals surface area contributed by atoms with Crippen molar-refractivity contribution in [2.24, 2.45) is 0 Å². The fourth-order valence-corrected chi connectivity index (χ4v) is 5.82. The molecule has 1 saturated heterocycles. The Morgan fingerprint density at radius 3 is 2.70 bits per heavy atom. The van der Waals surface area contributed by atoms with Crippen LogP contribution in [0.2, 0.25) is 0 Å². The molecule has 37 heavy (non-hydrogen) atoms. The molecule has 2 atom stereocenters. The van der Waals surface area contributed by atoms with Crippen LogP contribution in [0.5, 0.6) is 5.75 Å². The number of fused-ring (bicyclic) bond motifs is 3. The van der Waals surface area contributed by atoms with Gasteiger partial charge in [0.05, 0.1) is 36.2 Å². The van der Waals surface area contributed by atoms with Crippen LogP contribution in [0.4, 0.5) is 16.0 Å². The number of rotatable bonds is 4. The second-order valence-electron chi connectivity index (χ2n) is 10.9. The summed E-state index contributed by atoms with van der Waals surface area (Å²) in [6, 6.07) is 3.58. The molecule has 3 aromatic heterocycles. The van der Waals surface area contributed by atoms with Gasteiger partial charge in [-0.2, -0.15) is 9.61 Å². The Kier molecular flexibility index (Phi) is 5.70. The van der Waals surface area contributed by atoms with E-state index >= 15 is 0 Å². The highest BCUT2D eigenvalue weighted by molar-refractivity contribution is 5.93. The van der Waals surface area contributed by atoms with Gasteiger partial charge in [-0.3, -0.25) is 4.68 Å². The van der Waals surface area contributed by atoms with E-state index in [1.807, 2.05) is 13.1 Å². The number of piperidine rings is 1. The first-order valence-electron chi connectivity index (χ1n) is 12.9. The minimum Gasteiger partial charge on any atom is -0.494 e. The second-order valence-corrected chi connectivity index (χ2v) is 10.9. The number of benzene rings is 1. The number of aliphatic hydroxyl groups is 1. The van der Waals surface area contributed by atoms with Crippen LogP contribution in [0.1, 0.15) is 70.2 Å². The molecular weight excluding hydrogens is 475 g/mol. The fourth-order valence-electron chi connectivity index (χ4n) is 5.82. The lowest BCUT2D eigenvalue weighted by Gasteiger charge is -2.38. The van der Waals surface area contributed by atoms with Gasteiger partial charge in [-0.15, -0.1) is 5.10 Å². The van der Waals surface area contributed by atoms with E-state index in [4.69, 9.17) is 20.6 Å². The summed E-state index contributed by atoms with van der Waals surface area (Å²) < 4.78 is 23.2. The van der Waals surface area contributed by atoms with Gasteiger partial charge in [-0.05, 0) is 58.4 Å². The zero-order valence-corrected chi connectivity index (χ0v) is 21.4. The molecule has 10 nitrogen and oxygen atoms in total. The Bertz CT molecular complexity index is 1450. The topological polar surface area (TPSA) is 120 Å². The van der Waals surface area contributed by atoms with Crippen molar-refractivity contribution in [3.8, 4) is 5.75 Å². The lowest BCUT2D eigenvalue weighted by molar-refractivity contribution is 0.00851. The third-order valence-electron chi connectivity index (χ3n) is 8.16. The standard InChI is InChI=1S/C26H33FN8O2/c1-15-4-5-16(13-33(15)18-12-29-34(14-18)17-6-8-26(2,36)9-7-17)23-31-24-19-10-20(27)22(37-3)11-21(19)30-25(28)35(24)32-23/h10-12,14-17,36H,4-9,13H2,1-3H3,(H2,28,30)/t15-,16+,17-,26-/m1/s1. The summed E-state index contributed by atoms with van der Waals surface area (Å²) in [5.41, 5.74) is 7.72. The average molecular weight is 509 g/mol. The van der Waals surface area contributed by atoms with Gasteiger partial charge in [0.1, 0.15) is 0 Å². The molecule has 196 valence electrons. The van der Waals surface area contributed by atoms with Crippen molar-refractivity contribution in [3.05, 3.63) is 36.2 Å². The summed E-state index contributed by atoms with van der Waals surface area (Å²) in [7, 11) is 1.42. The zero-order chi connectivity index (χ0) is 25.9. The van der Waals surface area contributed by atoms with Gasteiger partial charge in [-0.25, -0.2) is 14.4 Å². The monoisotopic (exact) mass is 508 g/mol. The third-order valence-corrected chi connectivity index (χ3v) is 8.16. The Hall–Kier alpha value is -3.47. The molecule has 2 aliphatic rings. The van der Waals surface area contributed by atoms with E-state index in [1.54, 1.807) is 0 Å². The maximum absolute atomic E-state index is 14.5. The highest BCUT2D eigenvalue weighted by Crippen LogP contribution is 2.37. The molecular formula is C26H33FN8O2. The van der Waals surface area contributed by atoms with Crippen LogP contribution in [0, 0.1) is 5.82 Å². The molecule has 0 bridgehead atoms. The highest BCUT2D eigenvalue weighted by Gasteiger charge is 2.33. The molecule has 6 rings (SSSR count).